The first-order valence-corrected chi connectivity index (χ1v) is 9.97. The maximum Gasteiger partial charge on any atom is 0.309 e. The van der Waals surface area contributed by atoms with Crippen LogP contribution in [0.25, 0.3) is 0 Å². The second kappa shape index (κ2) is 8.89. The number of esters is 1. The Kier molecular flexibility index (Phi) is 7.17. The van der Waals surface area contributed by atoms with E-state index in [0.717, 1.165) is 44.4 Å². The van der Waals surface area contributed by atoms with Crippen LogP contribution in [0.5, 0.6) is 0 Å². The zero-order chi connectivity index (χ0) is 16.7. The summed E-state index contributed by atoms with van der Waals surface area (Å²) in [7, 11) is 0. The zero-order valence-electron chi connectivity index (χ0n) is 15.5. The molecule has 0 aromatic carbocycles. The minimum absolute atomic E-state index is 0.0828. The largest absolute Gasteiger partial charge is 0.459 e. The molecule has 132 valence electrons. The molecule has 23 heavy (non-hydrogen) atoms. The number of hydrogen-bond acceptors (Lipinski definition) is 2. The van der Waals surface area contributed by atoms with Gasteiger partial charge in [-0.2, -0.15) is 0 Å². The molecule has 2 heteroatoms. The lowest BCUT2D eigenvalue weighted by Crippen LogP contribution is -2.39. The summed E-state index contributed by atoms with van der Waals surface area (Å²) in [5.41, 5.74) is -0.160. The summed E-state index contributed by atoms with van der Waals surface area (Å²) in [6.45, 7) is 6.56. The highest BCUT2D eigenvalue weighted by Gasteiger charge is 2.50. The summed E-state index contributed by atoms with van der Waals surface area (Å²) < 4.78 is 6.09. The molecule has 0 amide bonds. The first kappa shape index (κ1) is 18.5. The molecule has 4 atom stereocenters. The number of carbonyl (C=O) groups is 1. The maximum absolute atomic E-state index is 12.7. The molecule has 0 saturated heterocycles. The number of ether oxygens (including phenoxy) is 1. The van der Waals surface area contributed by atoms with Crippen LogP contribution in [0, 0.1) is 17.8 Å². The average molecular weight is 321 g/mol. The molecule has 2 aliphatic carbocycles. The molecular formula is C21H36O2. The number of hydrogen-bond donors (Lipinski definition) is 0. The van der Waals surface area contributed by atoms with Crippen molar-refractivity contribution < 1.29 is 9.53 Å². The molecule has 4 unspecified atom stereocenters. The second-order valence-electron chi connectivity index (χ2n) is 7.99. The van der Waals surface area contributed by atoms with E-state index < -0.39 is 0 Å². The van der Waals surface area contributed by atoms with E-state index in [1.165, 1.54) is 32.1 Å². The molecule has 0 aromatic rings. The molecule has 2 bridgehead atoms. The van der Waals surface area contributed by atoms with Gasteiger partial charge in [0.1, 0.15) is 5.60 Å². The van der Waals surface area contributed by atoms with Crippen LogP contribution in [-0.4, -0.2) is 11.6 Å². The van der Waals surface area contributed by atoms with Gasteiger partial charge in [-0.25, -0.2) is 0 Å². The van der Waals surface area contributed by atoms with Gasteiger partial charge in [0.15, 0.2) is 0 Å². The third-order valence-electron chi connectivity index (χ3n) is 5.95. The highest BCUT2D eigenvalue weighted by atomic mass is 16.6. The van der Waals surface area contributed by atoms with Gasteiger partial charge in [-0.05, 0) is 76.5 Å². The molecule has 2 fully saturated rings. The lowest BCUT2D eigenvalue weighted by atomic mass is 9.85. The van der Waals surface area contributed by atoms with Crippen LogP contribution in [0.3, 0.4) is 0 Å². The van der Waals surface area contributed by atoms with Crippen LogP contribution in [-0.2, 0) is 9.53 Å². The molecule has 0 aromatic heterocycles. The van der Waals surface area contributed by atoms with Crippen molar-refractivity contribution in [3.8, 4) is 0 Å². The van der Waals surface area contributed by atoms with Gasteiger partial charge >= 0.3 is 5.97 Å². The van der Waals surface area contributed by atoms with Gasteiger partial charge in [0.2, 0.25) is 0 Å². The van der Waals surface area contributed by atoms with Crippen molar-refractivity contribution in [2.45, 2.75) is 97.0 Å². The van der Waals surface area contributed by atoms with E-state index in [2.05, 4.69) is 32.9 Å². The molecule has 2 aliphatic rings. The third-order valence-corrected chi connectivity index (χ3v) is 5.95. The predicted molar refractivity (Wildman–Crippen MR) is 96.2 cm³/mol. The van der Waals surface area contributed by atoms with Crippen LogP contribution in [0.1, 0.15) is 91.4 Å². The Morgan fingerprint density at radius 2 is 1.96 bits per heavy atom. The number of allylic oxidation sites excluding steroid dienone is 2. The van der Waals surface area contributed by atoms with Crippen molar-refractivity contribution in [1.29, 1.82) is 0 Å². The predicted octanol–water partition coefficient (Wildman–Crippen LogP) is 6.05. The van der Waals surface area contributed by atoms with E-state index in [1.54, 1.807) is 0 Å². The highest BCUT2D eigenvalue weighted by molar-refractivity contribution is 5.73. The van der Waals surface area contributed by atoms with Gasteiger partial charge in [-0.3, -0.25) is 4.79 Å². The minimum Gasteiger partial charge on any atom is -0.459 e. The lowest BCUT2D eigenvalue weighted by Gasteiger charge is -2.35. The topological polar surface area (TPSA) is 26.3 Å². The quantitative estimate of drug-likeness (QED) is 0.278. The number of unbranched alkanes of at least 4 members (excludes halogenated alkanes) is 2. The number of carbonyl (C=O) groups excluding carboxylic acids is 1. The third kappa shape index (κ3) is 5.09. The van der Waals surface area contributed by atoms with Crippen LogP contribution in [0.2, 0.25) is 0 Å². The monoisotopic (exact) mass is 320 g/mol. The van der Waals surface area contributed by atoms with Crippen molar-refractivity contribution >= 4 is 5.97 Å². The summed E-state index contributed by atoms with van der Waals surface area (Å²) in [6, 6.07) is 0. The molecular weight excluding hydrogens is 284 g/mol. The minimum atomic E-state index is -0.160. The molecule has 0 spiro atoms. The van der Waals surface area contributed by atoms with Crippen LogP contribution in [0.15, 0.2) is 12.2 Å². The van der Waals surface area contributed by atoms with E-state index in [0.29, 0.717) is 5.92 Å². The Bertz CT molecular complexity index is 401. The summed E-state index contributed by atoms with van der Waals surface area (Å²) >= 11 is 0. The fourth-order valence-electron chi connectivity index (χ4n) is 4.61. The smallest absolute Gasteiger partial charge is 0.309 e. The summed E-state index contributed by atoms with van der Waals surface area (Å²) in [6.07, 6.45) is 17.1. The molecule has 0 N–H and O–H groups in total. The molecule has 0 radical (unpaired) electrons. The Balaban J connectivity index is 1.78. The number of fused-ring (bicyclic) bond motifs is 2. The molecule has 2 nitrogen and oxygen atoms in total. The van der Waals surface area contributed by atoms with Gasteiger partial charge < -0.3 is 4.74 Å². The van der Waals surface area contributed by atoms with Gasteiger partial charge in [0.25, 0.3) is 0 Å². The average Bonchev–Trinajstić information content (AvgIpc) is 3.09. The summed E-state index contributed by atoms with van der Waals surface area (Å²) in [5, 5.41) is 0. The van der Waals surface area contributed by atoms with E-state index in [4.69, 9.17) is 4.74 Å². The first-order valence-electron chi connectivity index (χ1n) is 9.97. The maximum atomic E-state index is 12.7. The Morgan fingerprint density at radius 1 is 1.17 bits per heavy atom. The van der Waals surface area contributed by atoms with Crippen molar-refractivity contribution in [3.05, 3.63) is 12.2 Å². The van der Waals surface area contributed by atoms with Crippen molar-refractivity contribution in [3.63, 3.8) is 0 Å². The SMILES string of the molecule is CCCC=CCCCC(CCC)C(=O)OC1(C)CC2CCC1C2. The fraction of sp³-hybridized carbons (Fsp3) is 0.857. The van der Waals surface area contributed by atoms with E-state index in [1.807, 2.05) is 0 Å². The van der Waals surface area contributed by atoms with Crippen molar-refractivity contribution in [1.82, 2.24) is 0 Å². The molecule has 0 aliphatic heterocycles. The second-order valence-corrected chi connectivity index (χ2v) is 7.99. The van der Waals surface area contributed by atoms with Crippen LogP contribution < -0.4 is 0 Å². The van der Waals surface area contributed by atoms with E-state index in [-0.39, 0.29) is 17.5 Å². The van der Waals surface area contributed by atoms with E-state index >= 15 is 0 Å². The number of rotatable bonds is 10. The highest BCUT2D eigenvalue weighted by Crippen LogP contribution is 2.52. The van der Waals surface area contributed by atoms with Crippen LogP contribution in [0.4, 0.5) is 0 Å². The first-order chi connectivity index (χ1) is 11.1. The molecule has 2 saturated carbocycles. The van der Waals surface area contributed by atoms with Crippen LogP contribution >= 0.6 is 0 Å². The van der Waals surface area contributed by atoms with Crippen molar-refractivity contribution in [2.24, 2.45) is 17.8 Å². The Labute approximate surface area is 143 Å². The summed E-state index contributed by atoms with van der Waals surface area (Å²) in [4.78, 5) is 12.7. The standard InChI is InChI=1S/C21H36O2/c1-4-6-7-8-9-10-12-18(11-5-2)20(22)23-21(3)16-17-13-14-19(21)15-17/h7-8,17-19H,4-6,9-16H2,1-3H3. The van der Waals surface area contributed by atoms with Gasteiger partial charge in [0, 0.05) is 0 Å². The van der Waals surface area contributed by atoms with Gasteiger partial charge in [0.05, 0.1) is 5.92 Å². The van der Waals surface area contributed by atoms with Crippen molar-refractivity contribution in [2.75, 3.05) is 0 Å². The normalized spacial score (nSPS) is 30.9. The van der Waals surface area contributed by atoms with Gasteiger partial charge in [-0.1, -0.05) is 38.8 Å². The fourth-order valence-corrected chi connectivity index (χ4v) is 4.61. The van der Waals surface area contributed by atoms with E-state index in [9.17, 15) is 4.79 Å². The molecule has 0 heterocycles. The molecule has 2 rings (SSSR count). The summed E-state index contributed by atoms with van der Waals surface area (Å²) in [5.74, 6) is 1.62. The Morgan fingerprint density at radius 3 is 2.57 bits per heavy atom. The zero-order valence-corrected chi connectivity index (χ0v) is 15.5. The Hall–Kier alpha value is -0.790. The lowest BCUT2D eigenvalue weighted by molar-refractivity contribution is -0.169. The van der Waals surface area contributed by atoms with Gasteiger partial charge in [-0.15, -0.1) is 0 Å².